The van der Waals surface area contributed by atoms with Crippen LogP contribution in [0.25, 0.3) is 0 Å². The number of anilines is 2. The summed E-state index contributed by atoms with van der Waals surface area (Å²) in [7, 11) is 0. The lowest BCUT2D eigenvalue weighted by Gasteiger charge is -2.23. The van der Waals surface area contributed by atoms with E-state index in [4.69, 9.17) is 4.98 Å². The molecule has 4 heteroatoms. The van der Waals surface area contributed by atoms with Crippen LogP contribution in [-0.2, 0) is 0 Å². The maximum atomic E-state index is 4.75. The van der Waals surface area contributed by atoms with Crippen molar-refractivity contribution in [1.29, 1.82) is 0 Å². The highest BCUT2D eigenvalue weighted by Crippen LogP contribution is 2.31. The molecule has 1 saturated carbocycles. The van der Waals surface area contributed by atoms with Crippen molar-refractivity contribution in [2.45, 2.75) is 58.9 Å². The zero-order valence-electron chi connectivity index (χ0n) is 12.6. The normalized spacial score (nSPS) is 14.8. The smallest absolute Gasteiger partial charge is 0.135 e. The van der Waals surface area contributed by atoms with Gasteiger partial charge in [-0.05, 0) is 26.2 Å². The van der Waals surface area contributed by atoms with Crippen LogP contribution < -0.4 is 10.2 Å². The summed E-state index contributed by atoms with van der Waals surface area (Å²) in [5.74, 6) is 3.35. The summed E-state index contributed by atoms with van der Waals surface area (Å²) in [6.07, 6.45) is 3.70. The Bertz CT molecular complexity index is 413. The molecule has 0 aliphatic heterocycles. The van der Waals surface area contributed by atoms with Crippen LogP contribution in [0.2, 0.25) is 0 Å². The van der Waals surface area contributed by atoms with Crippen molar-refractivity contribution in [3.63, 3.8) is 0 Å². The maximum absolute atomic E-state index is 4.75. The molecule has 0 spiro atoms. The SMILES string of the molecule is CCCNc1cc(N(CC)C2CC2)nc(C(C)C)n1. The summed E-state index contributed by atoms with van der Waals surface area (Å²) in [5, 5.41) is 3.39. The number of rotatable bonds is 7. The lowest BCUT2D eigenvalue weighted by atomic mass is 10.2. The molecule has 1 N–H and O–H groups in total. The van der Waals surface area contributed by atoms with Gasteiger partial charge in [-0.15, -0.1) is 0 Å². The van der Waals surface area contributed by atoms with Gasteiger partial charge < -0.3 is 10.2 Å². The lowest BCUT2D eigenvalue weighted by Crippen LogP contribution is -2.27. The molecule has 1 aliphatic rings. The van der Waals surface area contributed by atoms with Gasteiger partial charge in [-0.1, -0.05) is 20.8 Å². The minimum absolute atomic E-state index is 0.361. The first-order valence-corrected chi connectivity index (χ1v) is 7.55. The van der Waals surface area contributed by atoms with Crippen molar-refractivity contribution in [3.05, 3.63) is 11.9 Å². The van der Waals surface area contributed by atoms with Crippen molar-refractivity contribution in [2.75, 3.05) is 23.3 Å². The van der Waals surface area contributed by atoms with E-state index in [9.17, 15) is 0 Å². The van der Waals surface area contributed by atoms with Crippen LogP contribution in [0, 0.1) is 0 Å². The van der Waals surface area contributed by atoms with Crippen LogP contribution in [0.3, 0.4) is 0 Å². The Labute approximate surface area is 116 Å². The average Bonchev–Trinajstić information content (AvgIpc) is 3.21. The Morgan fingerprint density at radius 3 is 2.58 bits per heavy atom. The second-order valence-electron chi connectivity index (χ2n) is 5.57. The van der Waals surface area contributed by atoms with Gasteiger partial charge >= 0.3 is 0 Å². The van der Waals surface area contributed by atoms with E-state index in [1.807, 2.05) is 0 Å². The molecule has 0 unspecified atom stereocenters. The van der Waals surface area contributed by atoms with Gasteiger partial charge in [-0.2, -0.15) is 0 Å². The van der Waals surface area contributed by atoms with Gasteiger partial charge in [0, 0.05) is 31.1 Å². The zero-order valence-corrected chi connectivity index (χ0v) is 12.6. The summed E-state index contributed by atoms with van der Waals surface area (Å²) < 4.78 is 0. The molecular weight excluding hydrogens is 236 g/mol. The fourth-order valence-corrected chi connectivity index (χ4v) is 2.20. The molecule has 2 rings (SSSR count). The average molecular weight is 262 g/mol. The van der Waals surface area contributed by atoms with Gasteiger partial charge in [0.05, 0.1) is 0 Å². The van der Waals surface area contributed by atoms with Crippen molar-refractivity contribution in [2.24, 2.45) is 0 Å². The van der Waals surface area contributed by atoms with E-state index in [-0.39, 0.29) is 0 Å². The lowest BCUT2D eigenvalue weighted by molar-refractivity contribution is 0.746. The third kappa shape index (κ3) is 3.58. The minimum Gasteiger partial charge on any atom is -0.370 e. The van der Waals surface area contributed by atoms with Gasteiger partial charge in [0.25, 0.3) is 0 Å². The van der Waals surface area contributed by atoms with Crippen LogP contribution in [0.1, 0.15) is 58.7 Å². The molecule has 0 atom stereocenters. The highest BCUT2D eigenvalue weighted by Gasteiger charge is 2.29. The van der Waals surface area contributed by atoms with Crippen LogP contribution in [0.5, 0.6) is 0 Å². The summed E-state index contributed by atoms with van der Waals surface area (Å²) >= 11 is 0. The van der Waals surface area contributed by atoms with Crippen LogP contribution in [0.15, 0.2) is 6.07 Å². The highest BCUT2D eigenvalue weighted by atomic mass is 15.2. The Balaban J connectivity index is 2.27. The highest BCUT2D eigenvalue weighted by molar-refractivity contribution is 5.51. The van der Waals surface area contributed by atoms with Crippen LogP contribution in [0.4, 0.5) is 11.6 Å². The zero-order chi connectivity index (χ0) is 13.8. The molecular formula is C15H26N4. The molecule has 1 heterocycles. The molecule has 0 amide bonds. The fraction of sp³-hybridized carbons (Fsp3) is 0.733. The first kappa shape index (κ1) is 14.1. The number of hydrogen-bond acceptors (Lipinski definition) is 4. The van der Waals surface area contributed by atoms with Crippen LogP contribution in [-0.4, -0.2) is 29.1 Å². The predicted molar refractivity (Wildman–Crippen MR) is 80.9 cm³/mol. The Hall–Kier alpha value is -1.32. The van der Waals surface area contributed by atoms with Crippen LogP contribution >= 0.6 is 0 Å². The Kier molecular flexibility index (Phi) is 4.61. The van der Waals surface area contributed by atoms with E-state index in [1.165, 1.54) is 12.8 Å². The number of nitrogens with zero attached hydrogens (tertiary/aromatic N) is 3. The standard InChI is InChI=1S/C15H26N4/c1-5-9-16-13-10-14(18-15(17-13)11(3)4)19(6-2)12-7-8-12/h10-12H,5-9H2,1-4H3,(H,16,17,18). The van der Waals surface area contributed by atoms with Crippen molar-refractivity contribution in [3.8, 4) is 0 Å². The van der Waals surface area contributed by atoms with Gasteiger partial charge in [0.2, 0.25) is 0 Å². The molecule has 0 aromatic carbocycles. The van der Waals surface area contributed by atoms with Gasteiger partial charge in [-0.3, -0.25) is 0 Å². The maximum Gasteiger partial charge on any atom is 0.135 e. The van der Waals surface area contributed by atoms with E-state index in [0.717, 1.165) is 37.0 Å². The largest absolute Gasteiger partial charge is 0.370 e. The number of hydrogen-bond donors (Lipinski definition) is 1. The molecule has 0 bridgehead atoms. The van der Waals surface area contributed by atoms with E-state index < -0.39 is 0 Å². The molecule has 106 valence electrons. The van der Waals surface area contributed by atoms with E-state index in [0.29, 0.717) is 12.0 Å². The molecule has 1 aromatic heterocycles. The quantitative estimate of drug-likeness (QED) is 0.817. The van der Waals surface area contributed by atoms with Gasteiger partial charge in [-0.25, -0.2) is 9.97 Å². The predicted octanol–water partition coefficient (Wildman–Crippen LogP) is 3.41. The monoisotopic (exact) mass is 262 g/mol. The molecule has 4 nitrogen and oxygen atoms in total. The molecule has 1 aromatic rings. The second-order valence-corrected chi connectivity index (χ2v) is 5.57. The number of nitrogens with one attached hydrogen (secondary N) is 1. The molecule has 0 saturated heterocycles. The van der Waals surface area contributed by atoms with E-state index in [2.05, 4.69) is 49.0 Å². The summed E-state index contributed by atoms with van der Waals surface area (Å²) in [5.41, 5.74) is 0. The van der Waals surface area contributed by atoms with Crippen molar-refractivity contribution in [1.82, 2.24) is 9.97 Å². The summed E-state index contributed by atoms with van der Waals surface area (Å²) in [4.78, 5) is 11.8. The second kappa shape index (κ2) is 6.22. The molecule has 0 radical (unpaired) electrons. The molecule has 1 fully saturated rings. The Morgan fingerprint density at radius 2 is 2.05 bits per heavy atom. The van der Waals surface area contributed by atoms with E-state index >= 15 is 0 Å². The topological polar surface area (TPSA) is 41.0 Å². The summed E-state index contributed by atoms with van der Waals surface area (Å²) in [6, 6.07) is 2.79. The van der Waals surface area contributed by atoms with E-state index in [1.54, 1.807) is 0 Å². The molecule has 19 heavy (non-hydrogen) atoms. The first-order valence-electron chi connectivity index (χ1n) is 7.55. The van der Waals surface area contributed by atoms with Gasteiger partial charge in [0.15, 0.2) is 0 Å². The van der Waals surface area contributed by atoms with Crippen molar-refractivity contribution >= 4 is 11.6 Å². The molecule has 1 aliphatic carbocycles. The van der Waals surface area contributed by atoms with Gasteiger partial charge in [0.1, 0.15) is 17.5 Å². The third-order valence-corrected chi connectivity index (χ3v) is 3.43. The van der Waals surface area contributed by atoms with Crippen molar-refractivity contribution < 1.29 is 0 Å². The first-order chi connectivity index (χ1) is 9.15. The fourth-order valence-electron chi connectivity index (χ4n) is 2.20. The third-order valence-electron chi connectivity index (χ3n) is 3.43. The minimum atomic E-state index is 0.361. The Morgan fingerprint density at radius 1 is 1.32 bits per heavy atom. The summed E-state index contributed by atoms with van der Waals surface area (Å²) in [6.45, 7) is 10.7. The number of aromatic nitrogens is 2.